The molecule has 0 atom stereocenters. The van der Waals surface area contributed by atoms with Gasteiger partial charge in [0.1, 0.15) is 5.82 Å². The number of H-pyrrole nitrogens is 1. The Bertz CT molecular complexity index is 718. The van der Waals surface area contributed by atoms with Crippen LogP contribution < -0.4 is 5.73 Å². The Morgan fingerprint density at radius 3 is 2.43 bits per heavy atom. The van der Waals surface area contributed by atoms with Crippen molar-refractivity contribution in [1.29, 1.82) is 0 Å². The van der Waals surface area contributed by atoms with Crippen molar-refractivity contribution in [2.24, 2.45) is 0 Å². The van der Waals surface area contributed by atoms with Gasteiger partial charge in [-0.1, -0.05) is 42.5 Å². The summed E-state index contributed by atoms with van der Waals surface area (Å²) in [6.45, 7) is 0. The molecule has 0 saturated carbocycles. The topological polar surface area (TPSA) is 54.7 Å². The molecule has 3 aromatic rings. The number of aromatic nitrogens is 2. The molecule has 0 spiro atoms. The molecule has 21 heavy (non-hydrogen) atoms. The van der Waals surface area contributed by atoms with E-state index in [4.69, 9.17) is 5.73 Å². The van der Waals surface area contributed by atoms with E-state index in [1.54, 1.807) is 11.8 Å². The number of aromatic amines is 1. The molecule has 0 fully saturated rings. The van der Waals surface area contributed by atoms with E-state index in [0.717, 1.165) is 23.2 Å². The number of rotatable bonds is 4. The first-order valence-electron chi connectivity index (χ1n) is 6.79. The molecule has 3 N–H and O–H groups in total. The molecule has 0 aliphatic carbocycles. The Kier molecular flexibility index (Phi) is 3.97. The zero-order valence-electron chi connectivity index (χ0n) is 11.8. The lowest BCUT2D eigenvalue weighted by atomic mass is 10.0. The van der Waals surface area contributed by atoms with E-state index in [1.165, 1.54) is 10.5 Å². The van der Waals surface area contributed by atoms with Gasteiger partial charge in [0, 0.05) is 16.9 Å². The van der Waals surface area contributed by atoms with E-state index in [2.05, 4.69) is 52.9 Å². The monoisotopic (exact) mass is 295 g/mol. The molecule has 1 heterocycles. The van der Waals surface area contributed by atoms with Crippen molar-refractivity contribution >= 4 is 17.6 Å². The number of nitrogens with two attached hydrogens (primary N) is 1. The number of hydrogen-bond acceptors (Lipinski definition) is 3. The summed E-state index contributed by atoms with van der Waals surface area (Å²) in [5.41, 5.74) is 10.4. The van der Waals surface area contributed by atoms with Crippen molar-refractivity contribution in [3.63, 3.8) is 0 Å². The van der Waals surface area contributed by atoms with Crippen LogP contribution in [0.15, 0.2) is 59.5 Å². The van der Waals surface area contributed by atoms with Crippen LogP contribution in [0.1, 0.15) is 11.1 Å². The third-order valence-electron chi connectivity index (χ3n) is 3.50. The van der Waals surface area contributed by atoms with Crippen LogP contribution in [0.4, 0.5) is 5.82 Å². The second-order valence-electron chi connectivity index (χ2n) is 4.85. The normalized spacial score (nSPS) is 10.7. The fourth-order valence-electron chi connectivity index (χ4n) is 2.35. The van der Waals surface area contributed by atoms with Gasteiger partial charge >= 0.3 is 0 Å². The highest BCUT2D eigenvalue weighted by Crippen LogP contribution is 2.28. The minimum Gasteiger partial charge on any atom is -0.382 e. The lowest BCUT2D eigenvalue weighted by Crippen LogP contribution is -1.95. The summed E-state index contributed by atoms with van der Waals surface area (Å²) >= 11 is 1.73. The number of benzene rings is 2. The van der Waals surface area contributed by atoms with Gasteiger partial charge in [-0.3, -0.25) is 5.10 Å². The van der Waals surface area contributed by atoms with Gasteiger partial charge in [-0.2, -0.15) is 5.10 Å². The summed E-state index contributed by atoms with van der Waals surface area (Å²) in [6, 6.07) is 18.7. The van der Waals surface area contributed by atoms with Gasteiger partial charge < -0.3 is 5.73 Å². The summed E-state index contributed by atoms with van der Waals surface area (Å²) < 4.78 is 0. The molecule has 0 aliphatic rings. The van der Waals surface area contributed by atoms with E-state index in [-0.39, 0.29) is 0 Å². The zero-order chi connectivity index (χ0) is 14.7. The number of anilines is 1. The molecule has 0 amide bonds. The Hall–Kier alpha value is -2.20. The largest absolute Gasteiger partial charge is 0.382 e. The van der Waals surface area contributed by atoms with E-state index >= 15 is 0 Å². The maximum absolute atomic E-state index is 6.04. The summed E-state index contributed by atoms with van der Waals surface area (Å²) in [5, 5.41) is 7.25. The highest BCUT2D eigenvalue weighted by atomic mass is 32.2. The molecule has 2 aromatic carbocycles. The van der Waals surface area contributed by atoms with Crippen LogP contribution in [0.2, 0.25) is 0 Å². The zero-order valence-corrected chi connectivity index (χ0v) is 12.7. The smallest absolute Gasteiger partial charge is 0.149 e. The maximum Gasteiger partial charge on any atom is 0.149 e. The Labute approximate surface area is 128 Å². The number of nitrogens with zero attached hydrogens (tertiary/aromatic N) is 1. The van der Waals surface area contributed by atoms with Crippen molar-refractivity contribution in [1.82, 2.24) is 10.2 Å². The molecular weight excluding hydrogens is 278 g/mol. The van der Waals surface area contributed by atoms with Gasteiger partial charge in [-0.15, -0.1) is 11.8 Å². The van der Waals surface area contributed by atoms with Crippen LogP contribution >= 0.6 is 11.8 Å². The molecule has 0 saturated heterocycles. The van der Waals surface area contributed by atoms with Crippen molar-refractivity contribution < 1.29 is 0 Å². The maximum atomic E-state index is 6.04. The summed E-state index contributed by atoms with van der Waals surface area (Å²) in [4.78, 5) is 1.25. The average Bonchev–Trinajstić information content (AvgIpc) is 2.90. The van der Waals surface area contributed by atoms with Crippen LogP contribution in [-0.2, 0) is 6.42 Å². The molecule has 4 heteroatoms. The van der Waals surface area contributed by atoms with Gasteiger partial charge in [0.15, 0.2) is 0 Å². The third kappa shape index (κ3) is 2.95. The van der Waals surface area contributed by atoms with Crippen LogP contribution in [0.3, 0.4) is 0 Å². The fraction of sp³-hybridized carbons (Fsp3) is 0.118. The molecule has 0 unspecified atom stereocenters. The van der Waals surface area contributed by atoms with E-state index < -0.39 is 0 Å². The highest BCUT2D eigenvalue weighted by molar-refractivity contribution is 7.98. The molecule has 0 radical (unpaired) electrons. The van der Waals surface area contributed by atoms with Crippen molar-refractivity contribution in [3.05, 3.63) is 65.7 Å². The van der Waals surface area contributed by atoms with E-state index in [1.807, 2.05) is 18.2 Å². The van der Waals surface area contributed by atoms with Gasteiger partial charge in [-0.05, 0) is 29.5 Å². The second-order valence-corrected chi connectivity index (χ2v) is 5.73. The fourth-order valence-corrected chi connectivity index (χ4v) is 2.76. The molecule has 3 rings (SSSR count). The quantitative estimate of drug-likeness (QED) is 0.716. The lowest BCUT2D eigenvalue weighted by Gasteiger charge is -2.06. The second kappa shape index (κ2) is 6.06. The standard InChI is InChI=1S/C17H17N3S/c1-21-14-9-7-13(8-10-14)16-15(17(18)20-19-16)11-12-5-3-2-4-6-12/h2-10H,11H2,1H3,(H3,18,19,20). The minimum absolute atomic E-state index is 0.572. The Morgan fingerprint density at radius 1 is 1.05 bits per heavy atom. The number of hydrogen-bond donors (Lipinski definition) is 2. The van der Waals surface area contributed by atoms with Crippen molar-refractivity contribution in [3.8, 4) is 11.3 Å². The van der Waals surface area contributed by atoms with Crippen LogP contribution in [0, 0.1) is 0 Å². The van der Waals surface area contributed by atoms with Crippen LogP contribution in [0.5, 0.6) is 0 Å². The predicted octanol–water partition coefficient (Wildman–Crippen LogP) is 3.97. The van der Waals surface area contributed by atoms with Crippen LogP contribution in [-0.4, -0.2) is 16.5 Å². The summed E-state index contributed by atoms with van der Waals surface area (Å²) in [7, 11) is 0. The minimum atomic E-state index is 0.572. The van der Waals surface area contributed by atoms with Crippen LogP contribution in [0.25, 0.3) is 11.3 Å². The van der Waals surface area contributed by atoms with E-state index in [0.29, 0.717) is 5.82 Å². The Balaban J connectivity index is 1.96. The average molecular weight is 295 g/mol. The SMILES string of the molecule is CSc1ccc(-c2[nH]nc(N)c2Cc2ccccc2)cc1. The molecule has 3 nitrogen and oxygen atoms in total. The van der Waals surface area contributed by atoms with Gasteiger partial charge in [0.25, 0.3) is 0 Å². The lowest BCUT2D eigenvalue weighted by molar-refractivity contribution is 1.10. The summed E-state index contributed by atoms with van der Waals surface area (Å²) in [5.74, 6) is 0.572. The predicted molar refractivity (Wildman–Crippen MR) is 89.5 cm³/mol. The first-order chi connectivity index (χ1) is 10.3. The van der Waals surface area contributed by atoms with Gasteiger partial charge in [-0.25, -0.2) is 0 Å². The highest BCUT2D eigenvalue weighted by Gasteiger charge is 2.13. The third-order valence-corrected chi connectivity index (χ3v) is 4.25. The first-order valence-corrected chi connectivity index (χ1v) is 8.01. The first kappa shape index (κ1) is 13.8. The molecule has 106 valence electrons. The van der Waals surface area contributed by atoms with Crippen molar-refractivity contribution in [2.45, 2.75) is 11.3 Å². The van der Waals surface area contributed by atoms with E-state index in [9.17, 15) is 0 Å². The Morgan fingerprint density at radius 2 is 1.76 bits per heavy atom. The number of nitrogen functional groups attached to an aromatic ring is 1. The van der Waals surface area contributed by atoms with Gasteiger partial charge in [0.05, 0.1) is 5.69 Å². The summed E-state index contributed by atoms with van der Waals surface area (Å²) in [6.07, 6.45) is 2.85. The molecule has 1 aromatic heterocycles. The number of thioether (sulfide) groups is 1. The number of nitrogens with one attached hydrogen (secondary N) is 1. The molecule has 0 bridgehead atoms. The van der Waals surface area contributed by atoms with Gasteiger partial charge in [0.2, 0.25) is 0 Å². The molecular formula is C17H17N3S. The molecule has 0 aliphatic heterocycles. The van der Waals surface area contributed by atoms with Crippen molar-refractivity contribution in [2.75, 3.05) is 12.0 Å².